The van der Waals surface area contributed by atoms with E-state index in [1.54, 1.807) is 39.5 Å². The van der Waals surface area contributed by atoms with Gasteiger partial charge in [-0.3, -0.25) is 5.21 Å². The predicted octanol–water partition coefficient (Wildman–Crippen LogP) is 7.64. The number of thioether (sulfide) groups is 1. The molecule has 2 N–H and O–H groups in total. The Bertz CT molecular complexity index is 1420. The van der Waals surface area contributed by atoms with Crippen molar-refractivity contribution in [2.24, 2.45) is 0 Å². The van der Waals surface area contributed by atoms with E-state index in [1.165, 1.54) is 25.9 Å². The Balaban J connectivity index is 1.55. The Morgan fingerprint density at radius 2 is 1.49 bits per heavy atom. The number of benzene rings is 3. The molecular weight excluding hydrogens is 619 g/mol. The molecule has 1 fully saturated rings. The summed E-state index contributed by atoms with van der Waals surface area (Å²) in [6.07, 6.45) is 0.898. The monoisotopic (exact) mass is 652 g/mol. The summed E-state index contributed by atoms with van der Waals surface area (Å²) < 4.78 is 34.7. The smallest absolute Gasteiger partial charge is 0.345 e. The SMILES string of the molecule is COc1cc(C2CCC(c3cc(OC)c(OC)c(OC)c3)O2)cc(NC(=O)N(C)O)c1OCCSc1ccc(Cl)c(Cl)c1. The number of nitrogens with one attached hydrogen (secondary N) is 1. The van der Waals surface area contributed by atoms with E-state index in [0.29, 0.717) is 68.3 Å². The average molecular weight is 654 g/mol. The molecule has 43 heavy (non-hydrogen) atoms. The number of anilines is 1. The number of amides is 2. The molecule has 2 unspecified atom stereocenters. The quantitative estimate of drug-likeness (QED) is 0.0882. The molecule has 3 aromatic rings. The van der Waals surface area contributed by atoms with Crippen molar-refractivity contribution in [3.63, 3.8) is 0 Å². The summed E-state index contributed by atoms with van der Waals surface area (Å²) in [6.45, 7) is 0.293. The number of nitrogens with zero attached hydrogens (tertiary/aromatic N) is 1. The number of ether oxygens (including phenoxy) is 6. The van der Waals surface area contributed by atoms with E-state index in [9.17, 15) is 10.0 Å². The summed E-state index contributed by atoms with van der Waals surface area (Å²) in [5.74, 6) is 2.92. The number of carbonyl (C=O) groups excluding carboxylic acids is 1. The molecule has 13 heteroatoms. The summed E-state index contributed by atoms with van der Waals surface area (Å²) >= 11 is 13.7. The van der Waals surface area contributed by atoms with Gasteiger partial charge in [0.05, 0.1) is 63.0 Å². The number of hydroxylamine groups is 2. The van der Waals surface area contributed by atoms with Crippen LogP contribution < -0.4 is 29.0 Å². The molecule has 1 aliphatic heterocycles. The first kappa shape index (κ1) is 32.7. The Morgan fingerprint density at radius 3 is 2.02 bits per heavy atom. The lowest BCUT2D eigenvalue weighted by atomic mass is 10.0. The van der Waals surface area contributed by atoms with E-state index in [1.807, 2.05) is 24.3 Å². The van der Waals surface area contributed by atoms with Gasteiger partial charge in [0.2, 0.25) is 5.75 Å². The van der Waals surface area contributed by atoms with Gasteiger partial charge in [-0.2, -0.15) is 0 Å². The summed E-state index contributed by atoms with van der Waals surface area (Å²) in [5.41, 5.74) is 2.00. The maximum Gasteiger partial charge on any atom is 0.345 e. The molecular formula is C30H34Cl2N2O8S. The number of hydrogen-bond acceptors (Lipinski definition) is 9. The third kappa shape index (κ3) is 7.84. The van der Waals surface area contributed by atoms with Gasteiger partial charge in [-0.05, 0) is 66.4 Å². The fraction of sp³-hybridized carbons (Fsp3) is 0.367. The van der Waals surface area contributed by atoms with E-state index >= 15 is 0 Å². The number of urea groups is 1. The standard InChI is InChI=1S/C30H34Cl2N2O8S/c1-34(36)30(35)33-22-12-17(13-25(37-2)28(22)41-10-11-43-19-6-7-20(31)21(32)16-19)23-8-9-24(42-23)18-14-26(38-3)29(40-5)27(15-18)39-4/h6-7,12-16,23-24,36H,8-11H2,1-5H3,(H,33,35). The Morgan fingerprint density at radius 1 is 0.907 bits per heavy atom. The highest BCUT2D eigenvalue weighted by atomic mass is 35.5. The first-order valence-corrected chi connectivity index (χ1v) is 15.0. The lowest BCUT2D eigenvalue weighted by Crippen LogP contribution is -2.28. The van der Waals surface area contributed by atoms with Gasteiger partial charge in [0.15, 0.2) is 23.0 Å². The molecule has 0 bridgehead atoms. The van der Waals surface area contributed by atoms with Crippen molar-refractivity contribution in [3.8, 4) is 28.7 Å². The van der Waals surface area contributed by atoms with Gasteiger partial charge >= 0.3 is 6.03 Å². The molecule has 0 aliphatic carbocycles. The van der Waals surface area contributed by atoms with Crippen LogP contribution in [0.25, 0.3) is 0 Å². The van der Waals surface area contributed by atoms with Crippen molar-refractivity contribution in [2.75, 3.05) is 53.2 Å². The lowest BCUT2D eigenvalue weighted by molar-refractivity contribution is -0.0118. The maximum atomic E-state index is 12.5. The van der Waals surface area contributed by atoms with E-state index in [-0.39, 0.29) is 12.2 Å². The zero-order valence-corrected chi connectivity index (χ0v) is 26.8. The van der Waals surface area contributed by atoms with Crippen molar-refractivity contribution in [1.29, 1.82) is 0 Å². The van der Waals surface area contributed by atoms with Crippen LogP contribution >= 0.6 is 35.0 Å². The number of carbonyl (C=O) groups is 1. The highest BCUT2D eigenvalue weighted by molar-refractivity contribution is 7.99. The summed E-state index contributed by atoms with van der Waals surface area (Å²) in [7, 11) is 7.45. The maximum absolute atomic E-state index is 12.5. The molecule has 0 spiro atoms. The number of rotatable bonds is 12. The zero-order valence-electron chi connectivity index (χ0n) is 24.4. The number of methoxy groups -OCH3 is 4. The molecule has 1 heterocycles. The van der Waals surface area contributed by atoms with Crippen LogP contribution in [-0.4, -0.2) is 64.1 Å². The van der Waals surface area contributed by atoms with Gasteiger partial charge in [0, 0.05) is 17.7 Å². The summed E-state index contributed by atoms with van der Waals surface area (Å²) in [5, 5.41) is 13.8. The molecule has 232 valence electrons. The van der Waals surface area contributed by atoms with Gasteiger partial charge in [0.25, 0.3) is 0 Å². The Hall–Kier alpha value is -3.22. The molecule has 0 saturated carbocycles. The Labute approximate surface area is 265 Å². The van der Waals surface area contributed by atoms with Gasteiger partial charge in [0.1, 0.15) is 0 Å². The van der Waals surface area contributed by atoms with E-state index in [0.717, 1.165) is 22.4 Å². The first-order chi connectivity index (χ1) is 20.7. The van der Waals surface area contributed by atoms with Crippen LogP contribution in [0.5, 0.6) is 28.7 Å². The van der Waals surface area contributed by atoms with Gasteiger partial charge in [-0.1, -0.05) is 23.2 Å². The molecule has 0 radical (unpaired) electrons. The van der Waals surface area contributed by atoms with Crippen LogP contribution in [0.15, 0.2) is 47.4 Å². The minimum Gasteiger partial charge on any atom is -0.493 e. The van der Waals surface area contributed by atoms with E-state index in [4.69, 9.17) is 51.6 Å². The third-order valence-corrected chi connectivity index (χ3v) is 8.47. The minimum atomic E-state index is -0.739. The molecule has 0 aromatic heterocycles. The van der Waals surface area contributed by atoms with Gasteiger partial charge < -0.3 is 33.7 Å². The van der Waals surface area contributed by atoms with Crippen LogP contribution in [0, 0.1) is 0 Å². The predicted molar refractivity (Wildman–Crippen MR) is 166 cm³/mol. The highest BCUT2D eigenvalue weighted by Crippen LogP contribution is 2.48. The molecule has 2 amide bonds. The average Bonchev–Trinajstić information content (AvgIpc) is 3.51. The van der Waals surface area contributed by atoms with Crippen molar-refractivity contribution in [1.82, 2.24) is 5.06 Å². The molecule has 3 aromatic carbocycles. The van der Waals surface area contributed by atoms with E-state index < -0.39 is 6.03 Å². The fourth-order valence-electron chi connectivity index (χ4n) is 4.68. The number of halogens is 2. The van der Waals surface area contributed by atoms with Crippen molar-refractivity contribution in [2.45, 2.75) is 29.9 Å². The molecule has 4 rings (SSSR count). The number of hydrogen-bond donors (Lipinski definition) is 2. The lowest BCUT2D eigenvalue weighted by Gasteiger charge is -2.21. The van der Waals surface area contributed by atoms with Crippen molar-refractivity contribution < 1.29 is 38.4 Å². The second-order valence-electron chi connectivity index (χ2n) is 9.48. The van der Waals surface area contributed by atoms with Crippen LogP contribution in [0.3, 0.4) is 0 Å². The topological polar surface area (TPSA) is 108 Å². The van der Waals surface area contributed by atoms with Crippen molar-refractivity contribution >= 4 is 46.7 Å². The Kier molecular flexibility index (Phi) is 11.4. The normalized spacial score (nSPS) is 16.0. The van der Waals surface area contributed by atoms with Crippen LogP contribution in [0.1, 0.15) is 36.2 Å². The van der Waals surface area contributed by atoms with Crippen LogP contribution in [0.4, 0.5) is 10.5 Å². The molecule has 1 saturated heterocycles. The minimum absolute atomic E-state index is 0.236. The fourth-order valence-corrected chi connectivity index (χ4v) is 5.81. The molecule has 1 aliphatic rings. The van der Waals surface area contributed by atoms with E-state index in [2.05, 4.69) is 5.32 Å². The van der Waals surface area contributed by atoms with Crippen LogP contribution in [0.2, 0.25) is 10.0 Å². The second kappa shape index (κ2) is 15.0. The molecule has 2 atom stereocenters. The summed E-state index contributed by atoms with van der Waals surface area (Å²) in [4.78, 5) is 13.4. The second-order valence-corrected chi connectivity index (χ2v) is 11.5. The first-order valence-electron chi connectivity index (χ1n) is 13.3. The van der Waals surface area contributed by atoms with Crippen LogP contribution in [-0.2, 0) is 4.74 Å². The van der Waals surface area contributed by atoms with Crippen molar-refractivity contribution in [3.05, 3.63) is 63.6 Å². The largest absolute Gasteiger partial charge is 0.493 e. The highest BCUT2D eigenvalue weighted by Gasteiger charge is 2.31. The zero-order chi connectivity index (χ0) is 31.1. The molecule has 10 nitrogen and oxygen atoms in total. The van der Waals surface area contributed by atoms with Gasteiger partial charge in [-0.15, -0.1) is 11.8 Å². The van der Waals surface area contributed by atoms with Gasteiger partial charge in [-0.25, -0.2) is 9.86 Å². The third-order valence-electron chi connectivity index (χ3n) is 6.77. The summed E-state index contributed by atoms with van der Waals surface area (Å²) in [6, 6.07) is 12.0.